The number of amides is 1. The summed E-state index contributed by atoms with van der Waals surface area (Å²) in [6.07, 6.45) is 4.10. The Morgan fingerprint density at radius 2 is 1.79 bits per heavy atom. The first-order valence-corrected chi connectivity index (χ1v) is 5.50. The zero-order chi connectivity index (χ0) is 11.1. The maximum absolute atomic E-state index is 11.9. The lowest BCUT2D eigenvalue weighted by atomic mass is 9.94. The molecule has 0 aliphatic heterocycles. The van der Waals surface area contributed by atoms with E-state index in [4.69, 9.17) is 0 Å². The van der Waals surface area contributed by atoms with Gasteiger partial charge in [0.1, 0.15) is 0 Å². The minimum Gasteiger partial charge on any atom is -0.343 e. The average molecular weight is 197 g/mol. The number of rotatable bonds is 5. The van der Waals surface area contributed by atoms with Crippen molar-refractivity contribution in [2.75, 3.05) is 13.1 Å². The Hall–Kier alpha value is -0.790. The zero-order valence-corrected chi connectivity index (χ0v) is 10.1. The van der Waals surface area contributed by atoms with Crippen LogP contribution in [0.2, 0.25) is 0 Å². The Kier molecular flexibility index (Phi) is 6.26. The average Bonchev–Trinajstić information content (AvgIpc) is 2.18. The third-order valence-electron chi connectivity index (χ3n) is 2.75. The van der Waals surface area contributed by atoms with Gasteiger partial charge in [0.25, 0.3) is 0 Å². The van der Waals surface area contributed by atoms with E-state index in [0.717, 1.165) is 13.1 Å². The van der Waals surface area contributed by atoms with Crippen LogP contribution in [0.5, 0.6) is 0 Å². The molecule has 0 radical (unpaired) electrons. The summed E-state index contributed by atoms with van der Waals surface area (Å²) in [6.45, 7) is 11.7. The topological polar surface area (TPSA) is 20.3 Å². The van der Waals surface area contributed by atoms with Gasteiger partial charge in [-0.25, -0.2) is 0 Å². The molecule has 0 rings (SSSR count). The van der Waals surface area contributed by atoms with E-state index in [-0.39, 0.29) is 11.8 Å². The molecule has 0 bridgehead atoms. The normalized spacial score (nSPS) is 15.5. The zero-order valence-electron chi connectivity index (χ0n) is 10.1. The van der Waals surface area contributed by atoms with Crippen LogP contribution in [0.3, 0.4) is 0 Å². The molecule has 2 atom stereocenters. The quantitative estimate of drug-likeness (QED) is 0.621. The summed E-state index contributed by atoms with van der Waals surface area (Å²) in [7, 11) is 0. The Bertz CT molecular complexity index is 194. The van der Waals surface area contributed by atoms with E-state index in [1.54, 1.807) is 0 Å². The van der Waals surface area contributed by atoms with Crippen LogP contribution < -0.4 is 0 Å². The molecule has 0 aromatic rings. The minimum atomic E-state index is 0.0890. The van der Waals surface area contributed by atoms with Crippen LogP contribution in [0, 0.1) is 11.8 Å². The highest BCUT2D eigenvalue weighted by Gasteiger charge is 2.21. The van der Waals surface area contributed by atoms with E-state index in [1.807, 2.05) is 38.7 Å². The van der Waals surface area contributed by atoms with Crippen molar-refractivity contribution in [1.29, 1.82) is 0 Å². The summed E-state index contributed by atoms with van der Waals surface area (Å²) < 4.78 is 0. The molecule has 0 aliphatic carbocycles. The molecule has 0 aromatic heterocycles. The third kappa shape index (κ3) is 3.52. The van der Waals surface area contributed by atoms with E-state index in [1.165, 1.54) is 0 Å². The Morgan fingerprint density at radius 1 is 1.29 bits per heavy atom. The van der Waals surface area contributed by atoms with Crippen molar-refractivity contribution in [2.24, 2.45) is 11.8 Å². The number of nitrogens with zero attached hydrogens (tertiary/aromatic N) is 1. The largest absolute Gasteiger partial charge is 0.343 e. The lowest BCUT2D eigenvalue weighted by molar-refractivity contribution is -0.135. The van der Waals surface area contributed by atoms with Crippen molar-refractivity contribution in [3.63, 3.8) is 0 Å². The molecule has 0 heterocycles. The number of carbonyl (C=O) groups is 1. The van der Waals surface area contributed by atoms with Crippen molar-refractivity contribution in [2.45, 2.75) is 34.6 Å². The van der Waals surface area contributed by atoms with Gasteiger partial charge in [-0.1, -0.05) is 26.0 Å². The monoisotopic (exact) mass is 197 g/mol. The fourth-order valence-corrected chi connectivity index (χ4v) is 1.52. The predicted octanol–water partition coefficient (Wildman–Crippen LogP) is 2.70. The highest BCUT2D eigenvalue weighted by atomic mass is 16.2. The Morgan fingerprint density at radius 3 is 2.14 bits per heavy atom. The molecule has 1 amide bonds. The number of hydrogen-bond acceptors (Lipinski definition) is 1. The predicted molar refractivity (Wildman–Crippen MR) is 61.1 cm³/mol. The van der Waals surface area contributed by atoms with Gasteiger partial charge in [0, 0.05) is 19.0 Å². The molecule has 0 aliphatic rings. The lowest BCUT2D eigenvalue weighted by Gasteiger charge is -2.25. The second-order valence-corrected chi connectivity index (χ2v) is 3.68. The summed E-state index contributed by atoms with van der Waals surface area (Å²) in [5.41, 5.74) is 0. The molecule has 0 spiro atoms. The van der Waals surface area contributed by atoms with Gasteiger partial charge in [-0.2, -0.15) is 0 Å². The summed E-state index contributed by atoms with van der Waals surface area (Å²) in [4.78, 5) is 13.8. The van der Waals surface area contributed by atoms with Gasteiger partial charge in [-0.3, -0.25) is 4.79 Å². The van der Waals surface area contributed by atoms with Crippen LogP contribution in [-0.4, -0.2) is 23.9 Å². The van der Waals surface area contributed by atoms with E-state index < -0.39 is 0 Å². The molecule has 82 valence electrons. The number of hydrogen-bond donors (Lipinski definition) is 0. The Balaban J connectivity index is 4.36. The first-order chi connectivity index (χ1) is 6.58. The van der Waals surface area contributed by atoms with Crippen molar-refractivity contribution >= 4 is 5.91 Å². The number of allylic oxidation sites excluding steroid dienone is 2. The molecule has 0 saturated heterocycles. The van der Waals surface area contributed by atoms with Crippen molar-refractivity contribution in [3.8, 4) is 0 Å². The smallest absolute Gasteiger partial charge is 0.225 e. The van der Waals surface area contributed by atoms with Crippen LogP contribution in [-0.2, 0) is 4.79 Å². The molecule has 0 saturated carbocycles. The van der Waals surface area contributed by atoms with Crippen LogP contribution >= 0.6 is 0 Å². The highest BCUT2D eigenvalue weighted by molar-refractivity contribution is 5.78. The van der Waals surface area contributed by atoms with E-state index in [2.05, 4.69) is 13.0 Å². The maximum Gasteiger partial charge on any atom is 0.225 e. The van der Waals surface area contributed by atoms with Crippen LogP contribution in [0.25, 0.3) is 0 Å². The van der Waals surface area contributed by atoms with Gasteiger partial charge in [0.05, 0.1) is 0 Å². The van der Waals surface area contributed by atoms with Gasteiger partial charge in [0.15, 0.2) is 0 Å². The van der Waals surface area contributed by atoms with Gasteiger partial charge in [0.2, 0.25) is 5.91 Å². The summed E-state index contributed by atoms with van der Waals surface area (Å²) in [5, 5.41) is 0. The minimum absolute atomic E-state index is 0.0890. The SMILES string of the molecule is C/C=C/[C@@H](C)C(C)C(=O)N(CC)CC. The summed E-state index contributed by atoms with van der Waals surface area (Å²) in [6, 6.07) is 0. The van der Waals surface area contributed by atoms with Crippen molar-refractivity contribution < 1.29 is 4.79 Å². The fraction of sp³-hybridized carbons (Fsp3) is 0.750. The molecular weight excluding hydrogens is 174 g/mol. The maximum atomic E-state index is 11.9. The molecule has 1 unspecified atom stereocenters. The van der Waals surface area contributed by atoms with Crippen LogP contribution in [0.1, 0.15) is 34.6 Å². The Labute approximate surface area is 88.0 Å². The van der Waals surface area contributed by atoms with Gasteiger partial charge < -0.3 is 4.90 Å². The summed E-state index contributed by atoms with van der Waals surface area (Å²) in [5.74, 6) is 0.680. The van der Waals surface area contributed by atoms with Crippen molar-refractivity contribution in [1.82, 2.24) is 4.90 Å². The highest BCUT2D eigenvalue weighted by Crippen LogP contribution is 2.15. The van der Waals surface area contributed by atoms with Crippen molar-refractivity contribution in [3.05, 3.63) is 12.2 Å². The first-order valence-electron chi connectivity index (χ1n) is 5.50. The fourth-order valence-electron chi connectivity index (χ4n) is 1.52. The van der Waals surface area contributed by atoms with Gasteiger partial charge >= 0.3 is 0 Å². The second kappa shape index (κ2) is 6.63. The standard InChI is InChI=1S/C12H23NO/c1-6-9-10(4)11(5)12(14)13(7-2)8-3/h6,9-11H,7-8H2,1-5H3/b9-6+/t10-,11?/m1/s1. The van der Waals surface area contributed by atoms with E-state index in [9.17, 15) is 4.79 Å². The first kappa shape index (κ1) is 13.2. The number of carbonyl (C=O) groups excluding carboxylic acids is 1. The molecule has 0 fully saturated rings. The molecular formula is C12H23NO. The third-order valence-corrected chi connectivity index (χ3v) is 2.75. The van der Waals surface area contributed by atoms with E-state index in [0.29, 0.717) is 5.92 Å². The van der Waals surface area contributed by atoms with Crippen LogP contribution in [0.15, 0.2) is 12.2 Å². The van der Waals surface area contributed by atoms with Gasteiger partial charge in [-0.05, 0) is 26.7 Å². The second-order valence-electron chi connectivity index (χ2n) is 3.68. The molecule has 14 heavy (non-hydrogen) atoms. The van der Waals surface area contributed by atoms with E-state index >= 15 is 0 Å². The van der Waals surface area contributed by atoms with Crippen LogP contribution in [0.4, 0.5) is 0 Å². The van der Waals surface area contributed by atoms with Gasteiger partial charge in [-0.15, -0.1) is 0 Å². The summed E-state index contributed by atoms with van der Waals surface area (Å²) >= 11 is 0. The molecule has 2 nitrogen and oxygen atoms in total. The lowest BCUT2D eigenvalue weighted by Crippen LogP contribution is -2.36. The molecule has 2 heteroatoms. The molecule has 0 N–H and O–H groups in total. The molecule has 0 aromatic carbocycles.